The maximum absolute atomic E-state index is 12.4. The van der Waals surface area contributed by atoms with Crippen LogP contribution < -0.4 is 4.74 Å². The van der Waals surface area contributed by atoms with Crippen LogP contribution in [0.25, 0.3) is 0 Å². The van der Waals surface area contributed by atoms with Gasteiger partial charge in [-0.15, -0.1) is 0 Å². The molecule has 6 nitrogen and oxygen atoms in total. The van der Waals surface area contributed by atoms with E-state index < -0.39 is 0 Å². The van der Waals surface area contributed by atoms with Crippen molar-refractivity contribution in [3.8, 4) is 5.75 Å². The van der Waals surface area contributed by atoms with E-state index in [0.29, 0.717) is 12.5 Å². The summed E-state index contributed by atoms with van der Waals surface area (Å²) in [6.45, 7) is 6.34. The van der Waals surface area contributed by atoms with Crippen LogP contribution in [0, 0.1) is 12.8 Å². The van der Waals surface area contributed by atoms with E-state index in [-0.39, 0.29) is 5.91 Å². The van der Waals surface area contributed by atoms with E-state index in [2.05, 4.69) is 22.1 Å². The number of piperidine rings is 1. The van der Waals surface area contributed by atoms with Gasteiger partial charge in [0.25, 0.3) is 0 Å². The number of aryl methyl sites for hydroxylation is 1. The van der Waals surface area contributed by atoms with Gasteiger partial charge in [-0.25, -0.2) is 0 Å². The Morgan fingerprint density at radius 2 is 2.00 bits per heavy atom. The fourth-order valence-corrected chi connectivity index (χ4v) is 3.88. The highest BCUT2D eigenvalue weighted by atomic mass is 16.5. The Balaban J connectivity index is 1.39. The summed E-state index contributed by atoms with van der Waals surface area (Å²) in [5.41, 5.74) is 2.21. The average Bonchev–Trinajstić information content (AvgIpc) is 3.12. The third-order valence-corrected chi connectivity index (χ3v) is 5.63. The van der Waals surface area contributed by atoms with Crippen molar-refractivity contribution in [2.24, 2.45) is 5.92 Å². The molecule has 1 aromatic heterocycles. The second-order valence-corrected chi connectivity index (χ2v) is 7.78. The molecule has 0 N–H and O–H groups in total. The Morgan fingerprint density at radius 1 is 1.25 bits per heavy atom. The number of nitrogens with zero attached hydrogens (tertiary/aromatic N) is 4. The molecule has 1 aliphatic rings. The fraction of sp³-hybridized carbons (Fsp3) is 0.545. The van der Waals surface area contributed by atoms with E-state index in [1.807, 2.05) is 43.3 Å². The van der Waals surface area contributed by atoms with E-state index in [1.54, 1.807) is 11.8 Å². The zero-order valence-electron chi connectivity index (χ0n) is 17.3. The summed E-state index contributed by atoms with van der Waals surface area (Å²) < 4.78 is 7.17. The van der Waals surface area contributed by atoms with Crippen LogP contribution in [0.2, 0.25) is 0 Å². The molecule has 1 aliphatic heterocycles. The molecular formula is C22H32N4O2. The second-order valence-electron chi connectivity index (χ2n) is 7.78. The zero-order chi connectivity index (χ0) is 19.9. The number of ether oxygens (including phenoxy) is 1. The smallest absolute Gasteiger partial charge is 0.244 e. The molecule has 0 unspecified atom stereocenters. The number of aromatic nitrogens is 2. The van der Waals surface area contributed by atoms with E-state index in [4.69, 9.17) is 4.74 Å². The molecule has 3 rings (SSSR count). The van der Waals surface area contributed by atoms with E-state index >= 15 is 0 Å². The Kier molecular flexibility index (Phi) is 7.09. The van der Waals surface area contributed by atoms with Gasteiger partial charge in [0.05, 0.1) is 12.8 Å². The Bertz CT molecular complexity index is 765. The molecule has 0 aliphatic carbocycles. The number of likely N-dealkylation sites (tertiary alicyclic amines) is 1. The van der Waals surface area contributed by atoms with Crippen molar-refractivity contribution in [1.82, 2.24) is 19.6 Å². The van der Waals surface area contributed by atoms with Crippen LogP contribution in [-0.4, -0.2) is 65.8 Å². The van der Waals surface area contributed by atoms with Crippen molar-refractivity contribution in [2.45, 2.75) is 32.7 Å². The lowest BCUT2D eigenvalue weighted by Crippen LogP contribution is -2.40. The second kappa shape index (κ2) is 9.73. The predicted octanol–water partition coefficient (Wildman–Crippen LogP) is 2.61. The first-order chi connectivity index (χ1) is 13.5. The van der Waals surface area contributed by atoms with E-state index in [1.165, 1.54) is 5.56 Å². The summed E-state index contributed by atoms with van der Waals surface area (Å²) in [5, 5.41) is 4.30. The van der Waals surface area contributed by atoms with Gasteiger partial charge < -0.3 is 14.5 Å². The van der Waals surface area contributed by atoms with Gasteiger partial charge in [0.2, 0.25) is 5.91 Å². The number of likely N-dealkylation sites (N-methyl/N-ethyl adjacent to an activating group) is 1. The van der Waals surface area contributed by atoms with Crippen LogP contribution in [0.3, 0.4) is 0 Å². The first-order valence-corrected chi connectivity index (χ1v) is 10.1. The zero-order valence-corrected chi connectivity index (χ0v) is 17.3. The highest BCUT2D eigenvalue weighted by molar-refractivity contribution is 5.75. The summed E-state index contributed by atoms with van der Waals surface area (Å²) in [4.78, 5) is 16.8. The molecule has 2 aromatic rings. The highest BCUT2D eigenvalue weighted by Gasteiger charge is 2.22. The number of para-hydroxylation sites is 1. The maximum atomic E-state index is 12.4. The summed E-state index contributed by atoms with van der Waals surface area (Å²) in [6.07, 6.45) is 5.16. The summed E-state index contributed by atoms with van der Waals surface area (Å²) in [7, 11) is 3.64. The lowest BCUT2D eigenvalue weighted by molar-refractivity contribution is -0.131. The Labute approximate surface area is 168 Å². The van der Waals surface area contributed by atoms with E-state index in [9.17, 15) is 4.79 Å². The van der Waals surface area contributed by atoms with Gasteiger partial charge in [-0.2, -0.15) is 5.10 Å². The number of hydrogen-bond acceptors (Lipinski definition) is 4. The van der Waals surface area contributed by atoms with Crippen molar-refractivity contribution >= 4 is 5.91 Å². The molecule has 0 radical (unpaired) electrons. The number of rotatable bonds is 8. The van der Waals surface area contributed by atoms with Gasteiger partial charge in [0, 0.05) is 26.3 Å². The van der Waals surface area contributed by atoms with Crippen LogP contribution in [0.15, 0.2) is 36.5 Å². The molecular weight excluding hydrogens is 352 g/mol. The Hall–Kier alpha value is -2.34. The third kappa shape index (κ3) is 5.58. The van der Waals surface area contributed by atoms with Gasteiger partial charge in [-0.3, -0.25) is 9.48 Å². The van der Waals surface area contributed by atoms with Gasteiger partial charge in [-0.05, 0) is 62.9 Å². The number of hydrogen-bond donors (Lipinski definition) is 0. The number of methoxy groups -OCH3 is 1. The quantitative estimate of drug-likeness (QED) is 0.702. The normalized spacial score (nSPS) is 15.5. The van der Waals surface area contributed by atoms with Crippen LogP contribution >= 0.6 is 0 Å². The number of carbonyl (C=O) groups excluding carboxylic acids is 1. The predicted molar refractivity (Wildman–Crippen MR) is 110 cm³/mol. The average molecular weight is 385 g/mol. The molecule has 1 amide bonds. The van der Waals surface area contributed by atoms with Crippen LogP contribution in [-0.2, 0) is 17.8 Å². The molecule has 28 heavy (non-hydrogen) atoms. The highest BCUT2D eigenvalue weighted by Crippen LogP contribution is 2.21. The molecule has 6 heteroatoms. The number of carbonyl (C=O) groups is 1. The molecule has 0 spiro atoms. The van der Waals surface area contributed by atoms with Gasteiger partial charge in [0.15, 0.2) is 0 Å². The lowest BCUT2D eigenvalue weighted by atomic mass is 9.96. The van der Waals surface area contributed by atoms with Crippen molar-refractivity contribution < 1.29 is 9.53 Å². The van der Waals surface area contributed by atoms with Gasteiger partial charge in [0.1, 0.15) is 12.3 Å². The standard InChI is InChI=1S/C22H32N4O2/c1-18-8-15-26(23-18)17-22(27)24(2)16-19-9-12-25(13-10-19)14-11-20-6-4-5-7-21(20)28-3/h4-8,15,19H,9-14,16-17H2,1-3H3. The summed E-state index contributed by atoms with van der Waals surface area (Å²) >= 11 is 0. The molecule has 2 heterocycles. The van der Waals surface area contributed by atoms with Crippen LogP contribution in [0.5, 0.6) is 5.75 Å². The van der Waals surface area contributed by atoms with Crippen LogP contribution in [0.4, 0.5) is 0 Å². The van der Waals surface area contributed by atoms with Crippen LogP contribution in [0.1, 0.15) is 24.1 Å². The first kappa shape index (κ1) is 20.4. The minimum atomic E-state index is 0.127. The van der Waals surface area contributed by atoms with Crippen molar-refractivity contribution in [2.75, 3.05) is 40.3 Å². The van der Waals surface area contributed by atoms with Crippen molar-refractivity contribution in [1.29, 1.82) is 0 Å². The van der Waals surface area contributed by atoms with E-state index in [0.717, 1.165) is 56.9 Å². The maximum Gasteiger partial charge on any atom is 0.244 e. The van der Waals surface area contributed by atoms with Crippen molar-refractivity contribution in [3.05, 3.63) is 47.8 Å². The fourth-order valence-electron chi connectivity index (χ4n) is 3.88. The largest absolute Gasteiger partial charge is 0.496 e. The lowest BCUT2D eigenvalue weighted by Gasteiger charge is -2.34. The number of amides is 1. The molecule has 152 valence electrons. The van der Waals surface area contributed by atoms with Crippen molar-refractivity contribution in [3.63, 3.8) is 0 Å². The number of benzene rings is 1. The summed E-state index contributed by atoms with van der Waals surface area (Å²) in [6, 6.07) is 10.2. The molecule has 0 atom stereocenters. The molecule has 1 fully saturated rings. The third-order valence-electron chi connectivity index (χ3n) is 5.63. The van der Waals surface area contributed by atoms with Gasteiger partial charge >= 0.3 is 0 Å². The molecule has 0 bridgehead atoms. The molecule has 0 saturated carbocycles. The minimum absolute atomic E-state index is 0.127. The SMILES string of the molecule is COc1ccccc1CCN1CCC(CN(C)C(=O)Cn2ccc(C)n2)CC1. The van der Waals surface area contributed by atoms with Gasteiger partial charge in [-0.1, -0.05) is 18.2 Å². The summed E-state index contributed by atoms with van der Waals surface area (Å²) in [5.74, 6) is 1.68. The monoisotopic (exact) mass is 384 g/mol. The first-order valence-electron chi connectivity index (χ1n) is 10.1. The molecule has 1 saturated heterocycles. The Morgan fingerprint density at radius 3 is 2.68 bits per heavy atom. The minimum Gasteiger partial charge on any atom is -0.496 e. The molecule has 1 aromatic carbocycles. The topological polar surface area (TPSA) is 50.6 Å².